The molecule has 1 aliphatic heterocycles. The molecule has 1 fully saturated rings. The number of aromatic nitrogens is 3. The standard InChI is InChI=1S/C24H27N5O/c30-23-14-22(19-9-12-29(13-10-19)16-17-4-3-11-25-15-17)27-24(28-23)26-21-8-7-18-5-1-2-6-20(18)21/h1-6,11,14-15,19,21H,7-10,12-13,16H2,(H2,26,27,28,30). The van der Waals surface area contributed by atoms with Gasteiger partial charge in [-0.05, 0) is 61.5 Å². The highest BCUT2D eigenvalue weighted by Crippen LogP contribution is 2.33. The molecule has 1 atom stereocenters. The Bertz CT molecular complexity index is 1060. The summed E-state index contributed by atoms with van der Waals surface area (Å²) in [6, 6.07) is 14.5. The highest BCUT2D eigenvalue weighted by atomic mass is 16.1. The molecule has 0 amide bonds. The molecule has 6 heteroatoms. The minimum Gasteiger partial charge on any atom is -0.349 e. The number of likely N-dealkylation sites (tertiary alicyclic amines) is 1. The number of fused-ring (bicyclic) bond motifs is 1. The van der Waals surface area contributed by atoms with Crippen molar-refractivity contribution in [2.75, 3.05) is 18.4 Å². The molecule has 0 saturated carbocycles. The van der Waals surface area contributed by atoms with Gasteiger partial charge in [0.25, 0.3) is 5.56 Å². The quantitative estimate of drug-likeness (QED) is 0.683. The molecule has 2 aromatic heterocycles. The highest BCUT2D eigenvalue weighted by Gasteiger charge is 2.25. The summed E-state index contributed by atoms with van der Waals surface area (Å²) >= 11 is 0. The first-order valence-corrected chi connectivity index (χ1v) is 10.8. The minimum atomic E-state index is -0.0772. The van der Waals surface area contributed by atoms with Gasteiger partial charge in [0.05, 0.1) is 11.7 Å². The summed E-state index contributed by atoms with van der Waals surface area (Å²) in [6.45, 7) is 2.94. The summed E-state index contributed by atoms with van der Waals surface area (Å²) in [5, 5.41) is 3.47. The van der Waals surface area contributed by atoms with Gasteiger partial charge in [-0.15, -0.1) is 0 Å². The molecule has 2 aliphatic rings. The maximum Gasteiger partial charge on any atom is 0.252 e. The van der Waals surface area contributed by atoms with Crippen molar-refractivity contribution in [1.82, 2.24) is 19.9 Å². The van der Waals surface area contributed by atoms with Crippen molar-refractivity contribution < 1.29 is 0 Å². The van der Waals surface area contributed by atoms with E-state index in [9.17, 15) is 4.79 Å². The third kappa shape index (κ3) is 4.14. The molecule has 1 saturated heterocycles. The molecule has 154 valence electrons. The fourth-order valence-electron chi connectivity index (χ4n) is 4.76. The number of hydrogen-bond donors (Lipinski definition) is 2. The van der Waals surface area contributed by atoms with Crippen LogP contribution in [0.25, 0.3) is 0 Å². The van der Waals surface area contributed by atoms with Gasteiger partial charge >= 0.3 is 0 Å². The Morgan fingerprint density at radius 2 is 1.97 bits per heavy atom. The molecule has 1 aliphatic carbocycles. The van der Waals surface area contributed by atoms with Gasteiger partial charge in [0.2, 0.25) is 5.95 Å². The van der Waals surface area contributed by atoms with Crippen molar-refractivity contribution in [2.24, 2.45) is 0 Å². The van der Waals surface area contributed by atoms with E-state index in [1.165, 1.54) is 16.7 Å². The van der Waals surface area contributed by atoms with Gasteiger partial charge in [0.15, 0.2) is 0 Å². The van der Waals surface area contributed by atoms with E-state index in [-0.39, 0.29) is 11.6 Å². The van der Waals surface area contributed by atoms with Crippen LogP contribution < -0.4 is 10.9 Å². The van der Waals surface area contributed by atoms with Gasteiger partial charge in [-0.2, -0.15) is 0 Å². The van der Waals surface area contributed by atoms with Crippen molar-refractivity contribution >= 4 is 5.95 Å². The molecule has 5 rings (SSSR count). The molecule has 6 nitrogen and oxygen atoms in total. The van der Waals surface area contributed by atoms with Gasteiger partial charge in [-0.1, -0.05) is 30.3 Å². The summed E-state index contributed by atoms with van der Waals surface area (Å²) < 4.78 is 0. The number of hydrogen-bond acceptors (Lipinski definition) is 5. The number of pyridine rings is 1. The Balaban J connectivity index is 1.25. The first-order valence-electron chi connectivity index (χ1n) is 10.8. The Labute approximate surface area is 176 Å². The average molecular weight is 402 g/mol. The van der Waals surface area contributed by atoms with Crippen LogP contribution in [0.5, 0.6) is 0 Å². The molecular formula is C24H27N5O. The number of aryl methyl sites for hydroxylation is 1. The van der Waals surface area contributed by atoms with Crippen LogP contribution in [-0.4, -0.2) is 32.9 Å². The number of nitrogens with one attached hydrogen (secondary N) is 2. The van der Waals surface area contributed by atoms with Crippen molar-refractivity contribution in [3.8, 4) is 0 Å². The predicted octanol–water partition coefficient (Wildman–Crippen LogP) is 3.64. The van der Waals surface area contributed by atoms with E-state index in [0.717, 1.165) is 51.0 Å². The molecule has 0 spiro atoms. The predicted molar refractivity (Wildman–Crippen MR) is 117 cm³/mol. The van der Waals surface area contributed by atoms with E-state index < -0.39 is 0 Å². The average Bonchev–Trinajstić information content (AvgIpc) is 3.17. The van der Waals surface area contributed by atoms with Crippen LogP contribution in [0, 0.1) is 0 Å². The van der Waals surface area contributed by atoms with Crippen molar-refractivity contribution in [2.45, 2.75) is 44.2 Å². The van der Waals surface area contributed by atoms with E-state index in [1.54, 1.807) is 6.07 Å². The lowest BCUT2D eigenvalue weighted by Gasteiger charge is -2.31. The summed E-state index contributed by atoms with van der Waals surface area (Å²) in [7, 11) is 0. The zero-order valence-corrected chi connectivity index (χ0v) is 17.1. The maximum atomic E-state index is 12.3. The van der Waals surface area contributed by atoms with Crippen LogP contribution in [0.15, 0.2) is 59.7 Å². The van der Waals surface area contributed by atoms with Crippen LogP contribution >= 0.6 is 0 Å². The topological polar surface area (TPSA) is 73.9 Å². The van der Waals surface area contributed by atoms with E-state index in [4.69, 9.17) is 4.98 Å². The number of benzene rings is 1. The second-order valence-electron chi connectivity index (χ2n) is 8.36. The summed E-state index contributed by atoms with van der Waals surface area (Å²) in [5.41, 5.74) is 4.78. The number of aromatic amines is 1. The van der Waals surface area contributed by atoms with Gasteiger partial charge in [-0.25, -0.2) is 4.98 Å². The number of H-pyrrole nitrogens is 1. The first-order chi connectivity index (χ1) is 14.7. The smallest absolute Gasteiger partial charge is 0.252 e. The van der Waals surface area contributed by atoms with E-state index in [1.807, 2.05) is 18.5 Å². The van der Waals surface area contributed by atoms with Crippen LogP contribution in [0.1, 0.15) is 53.6 Å². The van der Waals surface area contributed by atoms with Gasteiger partial charge in [0, 0.05) is 30.9 Å². The van der Waals surface area contributed by atoms with Crippen molar-refractivity contribution in [3.63, 3.8) is 0 Å². The fourth-order valence-corrected chi connectivity index (χ4v) is 4.76. The normalized spacial score (nSPS) is 19.5. The molecule has 1 aromatic carbocycles. The first kappa shape index (κ1) is 19.0. The number of nitrogens with zero attached hydrogens (tertiary/aromatic N) is 3. The number of anilines is 1. The summed E-state index contributed by atoms with van der Waals surface area (Å²) in [6.07, 6.45) is 7.87. The molecule has 0 bridgehead atoms. The van der Waals surface area contributed by atoms with Crippen molar-refractivity contribution in [1.29, 1.82) is 0 Å². The molecule has 2 N–H and O–H groups in total. The zero-order valence-electron chi connectivity index (χ0n) is 17.1. The van der Waals surface area contributed by atoms with Crippen LogP contribution in [0.2, 0.25) is 0 Å². The van der Waals surface area contributed by atoms with E-state index in [0.29, 0.717) is 11.9 Å². The summed E-state index contributed by atoms with van der Waals surface area (Å²) in [4.78, 5) is 26.7. The zero-order chi connectivity index (χ0) is 20.3. The SMILES string of the molecule is O=c1cc(C2CCN(Cc3cccnc3)CC2)nc(NC2CCc3ccccc32)[nH]1. The third-order valence-corrected chi connectivity index (χ3v) is 6.34. The van der Waals surface area contributed by atoms with Crippen LogP contribution in [-0.2, 0) is 13.0 Å². The molecule has 0 radical (unpaired) electrons. The Morgan fingerprint density at radius 3 is 2.80 bits per heavy atom. The lowest BCUT2D eigenvalue weighted by atomic mass is 9.93. The molecule has 1 unspecified atom stereocenters. The number of rotatable bonds is 5. The second-order valence-corrected chi connectivity index (χ2v) is 8.36. The van der Waals surface area contributed by atoms with Crippen LogP contribution in [0.3, 0.4) is 0 Å². The monoisotopic (exact) mass is 401 g/mol. The second kappa shape index (κ2) is 8.40. The molecule has 3 heterocycles. The lowest BCUT2D eigenvalue weighted by molar-refractivity contribution is 0.203. The lowest BCUT2D eigenvalue weighted by Crippen LogP contribution is -2.33. The Kier molecular flexibility index (Phi) is 5.32. The Morgan fingerprint density at radius 1 is 1.10 bits per heavy atom. The molecular weight excluding hydrogens is 374 g/mol. The largest absolute Gasteiger partial charge is 0.349 e. The molecule has 3 aromatic rings. The van der Waals surface area contributed by atoms with E-state index in [2.05, 4.69) is 50.5 Å². The highest BCUT2D eigenvalue weighted by molar-refractivity contribution is 5.40. The number of piperidine rings is 1. The minimum absolute atomic E-state index is 0.0772. The molecule has 30 heavy (non-hydrogen) atoms. The fraction of sp³-hybridized carbons (Fsp3) is 0.375. The van der Waals surface area contributed by atoms with Gasteiger partial charge in [0.1, 0.15) is 0 Å². The third-order valence-electron chi connectivity index (χ3n) is 6.34. The Hall–Kier alpha value is -2.99. The summed E-state index contributed by atoms with van der Waals surface area (Å²) in [5.74, 6) is 0.922. The van der Waals surface area contributed by atoms with Gasteiger partial charge in [-0.3, -0.25) is 19.7 Å². The van der Waals surface area contributed by atoms with E-state index >= 15 is 0 Å². The van der Waals surface area contributed by atoms with Gasteiger partial charge < -0.3 is 5.32 Å². The maximum absolute atomic E-state index is 12.3. The van der Waals surface area contributed by atoms with Crippen LogP contribution in [0.4, 0.5) is 5.95 Å². The van der Waals surface area contributed by atoms with Crippen molar-refractivity contribution in [3.05, 3.63) is 87.6 Å².